The van der Waals surface area contributed by atoms with E-state index in [-0.39, 0.29) is 18.1 Å². The lowest BCUT2D eigenvalue weighted by Crippen LogP contribution is -2.46. The van der Waals surface area contributed by atoms with Crippen LogP contribution in [0.4, 0.5) is 16.2 Å². The first-order valence-electron chi connectivity index (χ1n) is 7.89. The van der Waals surface area contributed by atoms with Crippen molar-refractivity contribution in [3.8, 4) is 0 Å². The molecular formula is C17H30N4O. The summed E-state index contributed by atoms with van der Waals surface area (Å²) in [4.78, 5) is 16.4. The average molecular weight is 306 g/mol. The highest BCUT2D eigenvalue weighted by Crippen LogP contribution is 2.24. The maximum Gasteiger partial charge on any atom is 0.318 e. The number of nitrogens with one attached hydrogen (secondary N) is 1. The molecule has 3 N–H and O–H groups in total. The molecule has 0 radical (unpaired) electrons. The molecule has 0 aromatic heterocycles. The number of hydrogen-bond donors (Lipinski definition) is 2. The molecule has 1 rings (SSSR count). The fourth-order valence-electron chi connectivity index (χ4n) is 2.33. The Morgan fingerprint density at radius 2 is 1.91 bits per heavy atom. The molecule has 1 atom stereocenters. The second kappa shape index (κ2) is 7.92. The number of benzene rings is 1. The van der Waals surface area contributed by atoms with Crippen molar-refractivity contribution in [2.75, 3.05) is 24.7 Å². The van der Waals surface area contributed by atoms with E-state index in [9.17, 15) is 4.79 Å². The van der Waals surface area contributed by atoms with E-state index >= 15 is 0 Å². The third-order valence-corrected chi connectivity index (χ3v) is 3.72. The molecule has 5 heteroatoms. The van der Waals surface area contributed by atoms with Crippen molar-refractivity contribution < 1.29 is 4.79 Å². The quantitative estimate of drug-likeness (QED) is 0.794. The van der Waals surface area contributed by atoms with Gasteiger partial charge in [-0.25, -0.2) is 4.79 Å². The van der Waals surface area contributed by atoms with E-state index in [4.69, 9.17) is 5.73 Å². The fraction of sp³-hybridized carbons (Fsp3) is 0.588. The van der Waals surface area contributed by atoms with Crippen molar-refractivity contribution in [2.45, 2.75) is 52.7 Å². The number of anilines is 2. The van der Waals surface area contributed by atoms with Gasteiger partial charge in [-0.2, -0.15) is 0 Å². The fourth-order valence-corrected chi connectivity index (χ4v) is 2.33. The van der Waals surface area contributed by atoms with Crippen molar-refractivity contribution in [3.63, 3.8) is 0 Å². The molecule has 5 nitrogen and oxygen atoms in total. The van der Waals surface area contributed by atoms with Gasteiger partial charge in [0, 0.05) is 44.1 Å². The number of carbonyl (C=O) groups is 1. The molecule has 0 fully saturated rings. The van der Waals surface area contributed by atoms with E-state index < -0.39 is 0 Å². The van der Waals surface area contributed by atoms with Gasteiger partial charge in [0.25, 0.3) is 0 Å². The molecule has 2 amide bonds. The summed E-state index contributed by atoms with van der Waals surface area (Å²) in [5, 5.41) is 2.98. The first kappa shape index (κ1) is 18.1. The maximum atomic E-state index is 12.5. The highest BCUT2D eigenvalue weighted by Gasteiger charge is 2.21. The van der Waals surface area contributed by atoms with E-state index in [1.807, 2.05) is 55.9 Å². The van der Waals surface area contributed by atoms with Gasteiger partial charge in [0.05, 0.1) is 0 Å². The van der Waals surface area contributed by atoms with Crippen molar-refractivity contribution >= 4 is 17.4 Å². The lowest BCUT2D eigenvalue weighted by Gasteiger charge is -2.31. The Bertz CT molecular complexity index is 499. The van der Waals surface area contributed by atoms with Gasteiger partial charge in [-0.1, -0.05) is 6.92 Å². The summed E-state index contributed by atoms with van der Waals surface area (Å²) in [5.74, 6) is 0. The normalized spacial score (nSPS) is 12.1. The Morgan fingerprint density at radius 1 is 1.27 bits per heavy atom. The van der Waals surface area contributed by atoms with Gasteiger partial charge in [0.2, 0.25) is 0 Å². The molecule has 0 aliphatic carbocycles. The molecule has 0 aliphatic rings. The second-order valence-electron chi connectivity index (χ2n) is 6.27. The first-order valence-corrected chi connectivity index (χ1v) is 7.89. The van der Waals surface area contributed by atoms with E-state index in [0.29, 0.717) is 12.2 Å². The molecule has 0 unspecified atom stereocenters. The van der Waals surface area contributed by atoms with Gasteiger partial charge in [-0.05, 0) is 51.0 Å². The number of amides is 2. The Kier molecular flexibility index (Phi) is 6.53. The van der Waals surface area contributed by atoms with Gasteiger partial charge < -0.3 is 20.9 Å². The molecule has 0 spiro atoms. The summed E-state index contributed by atoms with van der Waals surface area (Å²) < 4.78 is 0. The number of nitrogen functional groups attached to an aromatic ring is 1. The van der Waals surface area contributed by atoms with Crippen LogP contribution in [0.2, 0.25) is 0 Å². The lowest BCUT2D eigenvalue weighted by molar-refractivity contribution is 0.171. The molecule has 1 aromatic rings. The first-order chi connectivity index (χ1) is 10.3. The van der Waals surface area contributed by atoms with Crippen LogP contribution in [0.15, 0.2) is 18.2 Å². The molecule has 0 bridgehead atoms. The Labute approximate surface area is 134 Å². The molecule has 0 saturated heterocycles. The topological polar surface area (TPSA) is 61.6 Å². The van der Waals surface area contributed by atoms with Crippen LogP contribution in [0.5, 0.6) is 0 Å². The Balaban J connectivity index is 3.08. The predicted molar refractivity (Wildman–Crippen MR) is 94.1 cm³/mol. The van der Waals surface area contributed by atoms with Crippen LogP contribution in [-0.2, 0) is 6.54 Å². The largest absolute Gasteiger partial charge is 0.399 e. The SMILES string of the molecule is CC[C@@H](C)N(Cc1cc(N)ccc1N(C)C)C(=O)NC(C)C. The van der Waals surface area contributed by atoms with Crippen molar-refractivity contribution in [1.29, 1.82) is 0 Å². The van der Waals surface area contributed by atoms with Crippen LogP contribution in [-0.4, -0.2) is 37.1 Å². The molecule has 0 heterocycles. The zero-order valence-corrected chi connectivity index (χ0v) is 14.7. The van der Waals surface area contributed by atoms with Crippen LogP contribution >= 0.6 is 0 Å². The van der Waals surface area contributed by atoms with Crippen LogP contribution < -0.4 is 16.0 Å². The van der Waals surface area contributed by atoms with E-state index in [1.54, 1.807) is 0 Å². The van der Waals surface area contributed by atoms with E-state index in [2.05, 4.69) is 19.2 Å². The Morgan fingerprint density at radius 3 is 2.41 bits per heavy atom. The molecule has 22 heavy (non-hydrogen) atoms. The lowest BCUT2D eigenvalue weighted by atomic mass is 10.1. The van der Waals surface area contributed by atoms with Crippen molar-refractivity contribution in [1.82, 2.24) is 10.2 Å². The highest BCUT2D eigenvalue weighted by molar-refractivity contribution is 5.75. The number of nitrogens with two attached hydrogens (primary N) is 1. The predicted octanol–water partition coefficient (Wildman–Crippen LogP) is 3.05. The molecule has 1 aromatic carbocycles. The third kappa shape index (κ3) is 4.83. The minimum Gasteiger partial charge on any atom is -0.399 e. The van der Waals surface area contributed by atoms with Gasteiger partial charge >= 0.3 is 6.03 Å². The third-order valence-electron chi connectivity index (χ3n) is 3.72. The number of urea groups is 1. The van der Waals surface area contributed by atoms with Crippen LogP contribution in [0, 0.1) is 0 Å². The van der Waals surface area contributed by atoms with Crippen LogP contribution in [0.1, 0.15) is 39.7 Å². The zero-order chi connectivity index (χ0) is 16.9. The highest BCUT2D eigenvalue weighted by atomic mass is 16.2. The van der Waals surface area contributed by atoms with Crippen LogP contribution in [0.3, 0.4) is 0 Å². The standard InChI is InChI=1S/C17H30N4O/c1-7-13(4)21(17(22)19-12(2)3)11-14-10-15(18)8-9-16(14)20(5)6/h8-10,12-13H,7,11,18H2,1-6H3,(H,19,22)/t13-/m1/s1. The summed E-state index contributed by atoms with van der Waals surface area (Å²) in [5.41, 5.74) is 8.79. The van der Waals surface area contributed by atoms with Crippen LogP contribution in [0.25, 0.3) is 0 Å². The number of hydrogen-bond acceptors (Lipinski definition) is 3. The summed E-state index contributed by atoms with van der Waals surface area (Å²) in [7, 11) is 3.99. The number of nitrogens with zero attached hydrogens (tertiary/aromatic N) is 2. The summed E-state index contributed by atoms with van der Waals surface area (Å²) >= 11 is 0. The minimum absolute atomic E-state index is 0.0310. The molecule has 0 saturated carbocycles. The van der Waals surface area contributed by atoms with Gasteiger partial charge in [0.1, 0.15) is 0 Å². The summed E-state index contributed by atoms with van der Waals surface area (Å²) in [6.45, 7) is 8.65. The van der Waals surface area contributed by atoms with E-state index in [1.165, 1.54) is 0 Å². The summed E-state index contributed by atoms with van der Waals surface area (Å²) in [6.07, 6.45) is 0.908. The van der Waals surface area contributed by atoms with Crippen molar-refractivity contribution in [2.24, 2.45) is 0 Å². The maximum absolute atomic E-state index is 12.5. The monoisotopic (exact) mass is 306 g/mol. The van der Waals surface area contributed by atoms with Gasteiger partial charge in [-0.3, -0.25) is 0 Å². The number of rotatable bonds is 6. The second-order valence-corrected chi connectivity index (χ2v) is 6.27. The summed E-state index contributed by atoms with van der Waals surface area (Å²) in [6, 6.07) is 6.09. The number of carbonyl (C=O) groups excluding carboxylic acids is 1. The van der Waals surface area contributed by atoms with Gasteiger partial charge in [0.15, 0.2) is 0 Å². The zero-order valence-electron chi connectivity index (χ0n) is 14.7. The molecule has 0 aliphatic heterocycles. The molecular weight excluding hydrogens is 276 g/mol. The van der Waals surface area contributed by atoms with Crippen molar-refractivity contribution in [3.05, 3.63) is 23.8 Å². The Hall–Kier alpha value is -1.91. The smallest absolute Gasteiger partial charge is 0.318 e. The van der Waals surface area contributed by atoms with E-state index in [0.717, 1.165) is 17.7 Å². The molecule has 124 valence electrons. The minimum atomic E-state index is -0.0310. The average Bonchev–Trinajstić information content (AvgIpc) is 2.42. The van der Waals surface area contributed by atoms with Gasteiger partial charge in [-0.15, -0.1) is 0 Å².